The number of alkyl carbamates (subject to hydrolysis) is 2. The maximum absolute atomic E-state index is 13.7. The summed E-state index contributed by atoms with van der Waals surface area (Å²) in [5.41, 5.74) is 6.84. The Morgan fingerprint density at radius 3 is 1.31 bits per heavy atom. The predicted molar refractivity (Wildman–Crippen MR) is 257 cm³/mol. The Hall–Kier alpha value is -4.62. The maximum atomic E-state index is 13.7. The van der Waals surface area contributed by atoms with Crippen molar-refractivity contribution in [2.45, 2.75) is 166 Å². The van der Waals surface area contributed by atoms with Gasteiger partial charge in [-0.15, -0.1) is 0 Å². The van der Waals surface area contributed by atoms with Crippen LogP contribution in [0.4, 0.5) is 9.59 Å². The Bertz CT molecular complexity index is 2190. The number of fused-ring (bicyclic) bond motifs is 6. The number of amides is 4. The zero-order chi connectivity index (χ0) is 44.8. The number of benzene rings is 2. The molecule has 2 saturated heterocycles. The van der Waals surface area contributed by atoms with Crippen molar-refractivity contribution in [2.24, 2.45) is 23.7 Å². The van der Waals surface area contributed by atoms with Crippen LogP contribution in [-0.2, 0) is 36.1 Å². The molecule has 10 rings (SSSR count). The summed E-state index contributed by atoms with van der Waals surface area (Å²) < 4.78 is 9.54. The van der Waals surface area contributed by atoms with Gasteiger partial charge in [0.05, 0.1) is 48.4 Å². The number of H-pyrrole nitrogens is 2. The Balaban J connectivity index is 0.000000212. The van der Waals surface area contributed by atoms with Gasteiger partial charge >= 0.3 is 29.3 Å². The smallest absolute Gasteiger partial charge is 0.453 e. The van der Waals surface area contributed by atoms with Crippen molar-refractivity contribution >= 4 is 46.1 Å². The van der Waals surface area contributed by atoms with Gasteiger partial charge in [-0.25, -0.2) is 19.6 Å². The number of hydrogen-bond donors (Lipinski definition) is 4. The number of ether oxygens (including phenoxy) is 2. The number of aromatic amines is 2. The van der Waals surface area contributed by atoms with Crippen LogP contribution >= 0.6 is 0 Å². The molecule has 366 valence electrons. The SMILES string of the molecule is COC(=O)N[C@H](C(=O)N1C2CCC(C2)[C@H]1c1nc2ccc(C3CCCC3)cc2[nH]1)C(C)C.COC(=O)N[C@H](C(=O)N1C2CCC(C2)[C@H]1c1nc2ccc(C3CCCC3)cc2[nH]1)C(C)C.[CH3-].[CH3-].[Fe+2]. The molecule has 67 heavy (non-hydrogen) atoms. The number of carbonyl (C=O) groups is 4. The van der Waals surface area contributed by atoms with E-state index >= 15 is 0 Å². The fraction of sp³-hybridized carbons (Fsp3) is 0.615. The predicted octanol–water partition coefficient (Wildman–Crippen LogP) is 10.2. The number of aromatic nitrogens is 4. The van der Waals surface area contributed by atoms with Gasteiger partial charge in [0, 0.05) is 12.1 Å². The number of methoxy groups -OCH3 is 2. The summed E-state index contributed by atoms with van der Waals surface area (Å²) in [4.78, 5) is 72.1. The Kier molecular flexibility index (Phi) is 16.8. The van der Waals surface area contributed by atoms with Crippen molar-refractivity contribution in [3.8, 4) is 0 Å². The molecule has 6 aliphatic rings. The average Bonchev–Trinajstić information content (AvgIpc) is 4.15. The van der Waals surface area contributed by atoms with E-state index in [0.29, 0.717) is 23.7 Å². The van der Waals surface area contributed by atoms with E-state index < -0.39 is 24.3 Å². The minimum Gasteiger partial charge on any atom is -0.453 e. The molecule has 8 atom stereocenters. The molecule has 2 aliphatic heterocycles. The van der Waals surface area contributed by atoms with E-state index in [1.165, 1.54) is 76.7 Å². The molecule has 0 spiro atoms. The molecular formula is C52H74FeN8O6. The largest absolute Gasteiger partial charge is 2.00 e. The van der Waals surface area contributed by atoms with Gasteiger partial charge < -0.3 is 54.7 Å². The Morgan fingerprint density at radius 1 is 0.597 bits per heavy atom. The Morgan fingerprint density at radius 2 is 0.970 bits per heavy atom. The molecule has 4 aromatic rings. The molecule has 4 N–H and O–H groups in total. The first-order valence-corrected chi connectivity index (χ1v) is 24.2. The number of piperidine rings is 2. The number of rotatable bonds is 10. The number of carbonyl (C=O) groups excluding carboxylic acids is 4. The molecular weight excluding hydrogens is 888 g/mol. The fourth-order valence-corrected chi connectivity index (χ4v) is 12.4. The number of likely N-dealkylation sites (tertiary alicyclic amines) is 2. The standard InChI is InChI=1S/2C25H34N4O3.2CH3.Fe/c2*1-14(2)21(28-25(31)32-3)24(30)29-18-10-8-17(12-18)22(29)23-26-19-11-9-16(13-20(19)27-23)15-6-4-5-7-15;;;/h2*9,11,13-15,17-18,21-22H,4-8,10,12H2,1-3H3,(H,26,27)(H,28,31);2*1H3;/q;;2*-1;+2/t2*17?,18?,21-,22-;;;/m00.../s1. The molecule has 4 amide bonds. The average molecular weight is 963 g/mol. The van der Waals surface area contributed by atoms with E-state index in [-0.39, 0.29) is 79.7 Å². The zero-order valence-corrected chi connectivity index (χ0v) is 42.0. The number of imidazole rings is 2. The molecule has 4 saturated carbocycles. The van der Waals surface area contributed by atoms with E-state index in [2.05, 4.69) is 57.0 Å². The Labute approximate surface area is 408 Å². The third-order valence-electron chi connectivity index (χ3n) is 15.7. The van der Waals surface area contributed by atoms with Gasteiger partial charge in [0.1, 0.15) is 23.7 Å². The monoisotopic (exact) mass is 963 g/mol. The first-order valence-electron chi connectivity index (χ1n) is 24.2. The summed E-state index contributed by atoms with van der Waals surface area (Å²) in [6, 6.07) is 12.3. The third-order valence-corrected chi connectivity index (χ3v) is 15.7. The van der Waals surface area contributed by atoms with Crippen LogP contribution in [0.5, 0.6) is 0 Å². The van der Waals surface area contributed by atoms with Gasteiger partial charge in [0.2, 0.25) is 11.8 Å². The molecule has 4 heterocycles. The summed E-state index contributed by atoms with van der Waals surface area (Å²) in [7, 11) is 2.65. The van der Waals surface area contributed by atoms with E-state index in [9.17, 15) is 19.2 Å². The molecule has 6 fully saturated rings. The van der Waals surface area contributed by atoms with Crippen molar-refractivity contribution in [3.63, 3.8) is 0 Å². The van der Waals surface area contributed by atoms with Crippen molar-refractivity contribution < 1.29 is 45.7 Å². The van der Waals surface area contributed by atoms with Crippen LogP contribution in [0.1, 0.15) is 164 Å². The molecule has 15 heteroatoms. The first-order chi connectivity index (χ1) is 30.9. The number of nitrogens with zero attached hydrogens (tertiary/aromatic N) is 4. The summed E-state index contributed by atoms with van der Waals surface area (Å²) in [5, 5.41) is 5.51. The second-order valence-electron chi connectivity index (χ2n) is 20.3. The van der Waals surface area contributed by atoms with Gasteiger partial charge in [-0.3, -0.25) is 9.59 Å². The molecule has 4 aliphatic carbocycles. The third kappa shape index (κ3) is 10.2. The van der Waals surface area contributed by atoms with Crippen LogP contribution in [0.15, 0.2) is 36.4 Å². The van der Waals surface area contributed by atoms with E-state index in [1.54, 1.807) is 0 Å². The minimum absolute atomic E-state index is 0. The molecule has 0 radical (unpaired) electrons. The topological polar surface area (TPSA) is 175 Å². The summed E-state index contributed by atoms with van der Waals surface area (Å²) in [6.07, 6.45) is 15.5. The van der Waals surface area contributed by atoms with Gasteiger partial charge in [-0.2, -0.15) is 0 Å². The van der Waals surface area contributed by atoms with Gasteiger partial charge in [-0.1, -0.05) is 65.5 Å². The molecule has 2 aromatic heterocycles. The van der Waals surface area contributed by atoms with Crippen LogP contribution in [-0.4, -0.2) is 92.1 Å². The quantitative estimate of drug-likeness (QED) is 0.0897. The number of nitrogens with one attached hydrogen (secondary N) is 4. The van der Waals surface area contributed by atoms with E-state index in [4.69, 9.17) is 19.4 Å². The van der Waals surface area contributed by atoms with E-state index in [0.717, 1.165) is 72.2 Å². The second-order valence-corrected chi connectivity index (χ2v) is 20.3. The normalized spacial score (nSPS) is 25.1. The molecule has 14 nitrogen and oxygen atoms in total. The van der Waals surface area contributed by atoms with Crippen molar-refractivity contribution in [3.05, 3.63) is 74.0 Å². The molecule has 4 unspecified atom stereocenters. The van der Waals surface area contributed by atoms with Crippen molar-refractivity contribution in [2.75, 3.05) is 14.2 Å². The van der Waals surface area contributed by atoms with Gasteiger partial charge in [-0.05, 0) is 135 Å². The number of hydrogen-bond acceptors (Lipinski definition) is 8. The second kappa shape index (κ2) is 21.8. The van der Waals surface area contributed by atoms with Gasteiger partial charge in [0.15, 0.2) is 0 Å². The zero-order valence-electron chi connectivity index (χ0n) is 40.9. The first kappa shape index (κ1) is 51.8. The van der Waals surface area contributed by atoms with Crippen molar-refractivity contribution in [1.82, 2.24) is 40.4 Å². The summed E-state index contributed by atoms with van der Waals surface area (Å²) in [5.74, 6) is 3.75. The molecule has 4 bridgehead atoms. The summed E-state index contributed by atoms with van der Waals surface area (Å²) >= 11 is 0. The fourth-order valence-electron chi connectivity index (χ4n) is 12.4. The van der Waals surface area contributed by atoms with Crippen LogP contribution in [0.25, 0.3) is 22.1 Å². The van der Waals surface area contributed by atoms with Crippen LogP contribution in [0.2, 0.25) is 0 Å². The minimum atomic E-state index is -0.609. The van der Waals surface area contributed by atoms with Crippen LogP contribution in [0.3, 0.4) is 0 Å². The molecule has 2 aromatic carbocycles. The maximum Gasteiger partial charge on any atom is 2.00 e. The van der Waals surface area contributed by atoms with Gasteiger partial charge in [0.25, 0.3) is 0 Å². The van der Waals surface area contributed by atoms with Crippen LogP contribution < -0.4 is 10.6 Å². The van der Waals surface area contributed by atoms with E-state index in [1.807, 2.05) is 37.5 Å². The summed E-state index contributed by atoms with van der Waals surface area (Å²) in [6.45, 7) is 7.81. The van der Waals surface area contributed by atoms with Crippen LogP contribution in [0, 0.1) is 38.5 Å². The van der Waals surface area contributed by atoms with Crippen molar-refractivity contribution in [1.29, 1.82) is 0 Å².